The highest BCUT2D eigenvalue weighted by atomic mass is 19.4. The predicted molar refractivity (Wildman–Crippen MR) is 105 cm³/mol. The van der Waals surface area contributed by atoms with E-state index in [1.807, 2.05) is 0 Å². The van der Waals surface area contributed by atoms with Crippen molar-refractivity contribution in [1.29, 1.82) is 0 Å². The lowest BCUT2D eigenvalue weighted by atomic mass is 10.1. The van der Waals surface area contributed by atoms with Crippen molar-refractivity contribution < 1.29 is 27.5 Å². The van der Waals surface area contributed by atoms with Crippen molar-refractivity contribution in [1.82, 2.24) is 4.98 Å². The van der Waals surface area contributed by atoms with Crippen molar-refractivity contribution >= 4 is 23.2 Å². The zero-order valence-electron chi connectivity index (χ0n) is 15.7. The number of nitrogens with one attached hydrogen (secondary N) is 2. The number of carbonyl (C=O) groups is 2. The maximum Gasteiger partial charge on any atom is 0.416 e. The molecule has 0 saturated carbocycles. The highest BCUT2D eigenvalue weighted by Crippen LogP contribution is 2.31. The maximum absolute atomic E-state index is 12.9. The molecule has 1 heterocycles. The number of aromatic nitrogens is 1. The Bertz CT molecular complexity index is 1080. The third-order valence-corrected chi connectivity index (χ3v) is 4.08. The molecule has 0 radical (unpaired) electrons. The number of carbonyl (C=O) groups excluding carboxylic acids is 2. The van der Waals surface area contributed by atoms with Crippen LogP contribution in [0.5, 0.6) is 5.88 Å². The van der Waals surface area contributed by atoms with Gasteiger partial charge in [0.15, 0.2) is 0 Å². The Kier molecular flexibility index (Phi) is 6.01. The lowest BCUT2D eigenvalue weighted by Gasteiger charge is -2.13. The zero-order valence-corrected chi connectivity index (χ0v) is 15.7. The largest absolute Gasteiger partial charge is 0.480 e. The summed E-state index contributed by atoms with van der Waals surface area (Å²) in [7, 11) is 1.37. The fourth-order valence-corrected chi connectivity index (χ4v) is 2.68. The van der Waals surface area contributed by atoms with Crippen LogP contribution in [0.2, 0.25) is 0 Å². The van der Waals surface area contributed by atoms with Gasteiger partial charge in [-0.05, 0) is 42.5 Å². The first-order valence-electron chi connectivity index (χ1n) is 8.67. The molecule has 3 rings (SSSR count). The molecule has 0 saturated heterocycles. The summed E-state index contributed by atoms with van der Waals surface area (Å²) in [4.78, 5) is 29.2. The van der Waals surface area contributed by atoms with Crippen LogP contribution >= 0.6 is 0 Å². The van der Waals surface area contributed by atoms with Crippen LogP contribution in [0.25, 0.3) is 0 Å². The average Bonchev–Trinajstić information content (AvgIpc) is 2.73. The van der Waals surface area contributed by atoms with E-state index in [1.54, 1.807) is 18.2 Å². The van der Waals surface area contributed by atoms with E-state index in [-0.39, 0.29) is 28.4 Å². The maximum atomic E-state index is 12.9. The number of benzene rings is 2. The number of methoxy groups -OCH3 is 1. The van der Waals surface area contributed by atoms with Crippen LogP contribution in [0.1, 0.15) is 26.3 Å². The Morgan fingerprint density at radius 2 is 1.60 bits per heavy atom. The van der Waals surface area contributed by atoms with Gasteiger partial charge in [-0.25, -0.2) is 4.98 Å². The van der Waals surface area contributed by atoms with Crippen molar-refractivity contribution in [3.63, 3.8) is 0 Å². The number of ether oxygens (including phenoxy) is 1. The molecule has 0 aliphatic carbocycles. The summed E-state index contributed by atoms with van der Waals surface area (Å²) in [6.07, 6.45) is -3.07. The number of rotatable bonds is 5. The Hall–Kier alpha value is -3.88. The van der Waals surface area contributed by atoms with E-state index in [0.717, 1.165) is 12.1 Å². The topological polar surface area (TPSA) is 80.3 Å². The number of nitrogens with zero attached hydrogens (tertiary/aromatic N) is 1. The molecule has 0 aliphatic rings. The Labute approximate surface area is 169 Å². The van der Waals surface area contributed by atoms with Gasteiger partial charge in [-0.1, -0.05) is 18.2 Å². The normalized spacial score (nSPS) is 10.9. The number of anilines is 2. The van der Waals surface area contributed by atoms with Gasteiger partial charge in [-0.15, -0.1) is 0 Å². The number of amides is 2. The smallest absolute Gasteiger partial charge is 0.416 e. The van der Waals surface area contributed by atoms with Gasteiger partial charge in [0.2, 0.25) is 5.88 Å². The molecule has 9 heteroatoms. The van der Waals surface area contributed by atoms with Gasteiger partial charge in [0.05, 0.1) is 23.9 Å². The standard InChI is InChI=1S/C21H16F3N3O3/c1-30-20-16(9-5-11-25-20)19(29)27-17-10-3-2-8-15(17)18(28)26-14-7-4-6-13(12-14)21(22,23)24/h2-12H,1H3,(H,26,28)(H,27,29). The molecular weight excluding hydrogens is 399 g/mol. The number of hydrogen-bond donors (Lipinski definition) is 2. The molecule has 0 atom stereocenters. The summed E-state index contributed by atoms with van der Waals surface area (Å²) in [5.74, 6) is -1.12. The summed E-state index contributed by atoms with van der Waals surface area (Å²) >= 11 is 0. The molecule has 0 aliphatic heterocycles. The fourth-order valence-electron chi connectivity index (χ4n) is 2.68. The van der Waals surface area contributed by atoms with E-state index in [1.165, 1.54) is 43.6 Å². The number of halogens is 3. The molecule has 30 heavy (non-hydrogen) atoms. The van der Waals surface area contributed by atoms with Crippen molar-refractivity contribution in [3.05, 3.63) is 83.6 Å². The van der Waals surface area contributed by atoms with Gasteiger partial charge in [0.1, 0.15) is 5.56 Å². The minimum absolute atomic E-state index is 0.0233. The molecule has 0 bridgehead atoms. The van der Waals surface area contributed by atoms with Crippen molar-refractivity contribution in [2.75, 3.05) is 17.7 Å². The van der Waals surface area contributed by atoms with Gasteiger partial charge in [0.25, 0.3) is 11.8 Å². The van der Waals surface area contributed by atoms with E-state index in [0.29, 0.717) is 0 Å². The molecule has 0 spiro atoms. The quantitative estimate of drug-likeness (QED) is 0.638. The average molecular weight is 415 g/mol. The molecule has 3 aromatic rings. The van der Waals surface area contributed by atoms with Crippen LogP contribution in [0.3, 0.4) is 0 Å². The molecule has 6 nitrogen and oxygen atoms in total. The highest BCUT2D eigenvalue weighted by molar-refractivity contribution is 6.13. The van der Waals surface area contributed by atoms with Crippen LogP contribution in [0, 0.1) is 0 Å². The first-order chi connectivity index (χ1) is 14.3. The molecular formula is C21H16F3N3O3. The second-order valence-electron chi connectivity index (χ2n) is 6.09. The van der Waals surface area contributed by atoms with Gasteiger partial charge in [-0.3, -0.25) is 9.59 Å². The Balaban J connectivity index is 1.83. The number of hydrogen-bond acceptors (Lipinski definition) is 4. The van der Waals surface area contributed by atoms with Crippen molar-refractivity contribution in [2.45, 2.75) is 6.18 Å². The highest BCUT2D eigenvalue weighted by Gasteiger charge is 2.30. The van der Waals surface area contributed by atoms with Crippen LogP contribution in [-0.2, 0) is 6.18 Å². The zero-order chi connectivity index (χ0) is 21.7. The van der Waals surface area contributed by atoms with Gasteiger partial charge >= 0.3 is 6.18 Å². The lowest BCUT2D eigenvalue weighted by molar-refractivity contribution is -0.137. The minimum atomic E-state index is -4.53. The molecule has 2 N–H and O–H groups in total. The summed E-state index contributed by atoms with van der Waals surface area (Å²) in [6.45, 7) is 0. The molecule has 2 aromatic carbocycles. The first kappa shape index (κ1) is 20.8. The number of alkyl halides is 3. The van der Waals surface area contributed by atoms with E-state index in [2.05, 4.69) is 15.6 Å². The number of para-hydroxylation sites is 1. The van der Waals surface area contributed by atoms with Crippen LogP contribution in [0.4, 0.5) is 24.5 Å². The third kappa shape index (κ3) is 4.75. The van der Waals surface area contributed by atoms with Gasteiger partial charge in [0, 0.05) is 11.9 Å². The molecule has 2 amide bonds. The van der Waals surface area contributed by atoms with Crippen LogP contribution < -0.4 is 15.4 Å². The Morgan fingerprint density at radius 1 is 0.900 bits per heavy atom. The third-order valence-electron chi connectivity index (χ3n) is 4.08. The molecule has 1 aromatic heterocycles. The summed E-state index contributed by atoms with van der Waals surface area (Å²) < 4.78 is 43.7. The molecule has 154 valence electrons. The summed E-state index contributed by atoms with van der Waals surface area (Å²) in [6, 6.07) is 13.5. The number of pyridine rings is 1. The molecule has 0 fully saturated rings. The first-order valence-corrected chi connectivity index (χ1v) is 8.67. The van der Waals surface area contributed by atoms with Crippen molar-refractivity contribution in [3.8, 4) is 5.88 Å². The van der Waals surface area contributed by atoms with Crippen LogP contribution in [0.15, 0.2) is 66.9 Å². The monoisotopic (exact) mass is 415 g/mol. The van der Waals surface area contributed by atoms with E-state index in [4.69, 9.17) is 4.74 Å². The SMILES string of the molecule is COc1ncccc1C(=O)Nc1ccccc1C(=O)Nc1cccc(C(F)(F)F)c1. The second-order valence-corrected chi connectivity index (χ2v) is 6.09. The summed E-state index contributed by atoms with van der Waals surface area (Å²) in [5, 5.41) is 5.02. The van der Waals surface area contributed by atoms with E-state index in [9.17, 15) is 22.8 Å². The van der Waals surface area contributed by atoms with Crippen LogP contribution in [-0.4, -0.2) is 23.9 Å². The molecule has 0 unspecified atom stereocenters. The van der Waals surface area contributed by atoms with E-state index >= 15 is 0 Å². The summed E-state index contributed by atoms with van der Waals surface area (Å²) in [5.41, 5.74) is -0.493. The predicted octanol–water partition coefficient (Wildman–Crippen LogP) is 4.61. The minimum Gasteiger partial charge on any atom is -0.480 e. The lowest BCUT2D eigenvalue weighted by Crippen LogP contribution is -2.19. The van der Waals surface area contributed by atoms with Gasteiger partial charge < -0.3 is 15.4 Å². The van der Waals surface area contributed by atoms with Gasteiger partial charge in [-0.2, -0.15) is 13.2 Å². The second kappa shape index (κ2) is 8.64. The Morgan fingerprint density at radius 3 is 2.33 bits per heavy atom. The fraction of sp³-hybridized carbons (Fsp3) is 0.0952. The van der Waals surface area contributed by atoms with Crippen molar-refractivity contribution in [2.24, 2.45) is 0 Å². The van der Waals surface area contributed by atoms with E-state index < -0.39 is 23.6 Å².